The van der Waals surface area contributed by atoms with E-state index in [4.69, 9.17) is 5.10 Å². The van der Waals surface area contributed by atoms with Crippen LogP contribution >= 0.6 is 22.6 Å². The van der Waals surface area contributed by atoms with Crippen LogP contribution in [0, 0.1) is 15.4 Å². The van der Waals surface area contributed by atoms with E-state index in [2.05, 4.69) is 81.5 Å². The summed E-state index contributed by atoms with van der Waals surface area (Å²) in [5.41, 5.74) is 3.80. The monoisotopic (exact) mass is 436 g/mol. The van der Waals surface area contributed by atoms with Crippen LogP contribution in [-0.2, 0) is 11.8 Å². The number of benzene rings is 1. The Morgan fingerprint density at radius 1 is 1.17 bits per heavy atom. The van der Waals surface area contributed by atoms with E-state index in [0.717, 1.165) is 29.1 Å². The van der Waals surface area contributed by atoms with Crippen LogP contribution < -0.4 is 0 Å². The molecule has 0 saturated heterocycles. The third kappa shape index (κ3) is 3.17. The molecule has 1 aromatic heterocycles. The predicted molar refractivity (Wildman–Crippen MR) is 106 cm³/mol. The zero-order valence-electron chi connectivity index (χ0n) is 15.1. The van der Waals surface area contributed by atoms with E-state index in [-0.39, 0.29) is 11.2 Å². The summed E-state index contributed by atoms with van der Waals surface area (Å²) < 4.78 is 3.21. The van der Waals surface area contributed by atoms with Crippen molar-refractivity contribution in [1.29, 1.82) is 0 Å². The predicted octanol–water partition coefficient (Wildman–Crippen LogP) is 5.18. The van der Waals surface area contributed by atoms with Gasteiger partial charge in [0.05, 0.1) is 22.6 Å². The van der Waals surface area contributed by atoms with E-state index in [9.17, 15) is 4.79 Å². The van der Waals surface area contributed by atoms with Crippen LogP contribution in [0.3, 0.4) is 0 Å². The summed E-state index contributed by atoms with van der Waals surface area (Å²) in [5.74, 6) is 1.16. The maximum Gasteiger partial charge on any atom is 0.166 e. The first-order chi connectivity index (χ1) is 11.2. The van der Waals surface area contributed by atoms with Gasteiger partial charge in [-0.2, -0.15) is 5.10 Å². The van der Waals surface area contributed by atoms with Gasteiger partial charge in [0.25, 0.3) is 0 Å². The molecule has 0 spiro atoms. The second-order valence-corrected chi connectivity index (χ2v) is 9.39. The molecule has 24 heavy (non-hydrogen) atoms. The standard InChI is InChI=1S/C20H25IN2O/c1-12(2)13-10-16-18(17(24)11-13)19(20(3,4)5)22-23(16)15-8-6-14(21)7-9-15/h6-9,12-13H,10-11H2,1-5H3. The summed E-state index contributed by atoms with van der Waals surface area (Å²) in [5, 5.41) is 4.90. The molecule has 1 unspecified atom stereocenters. The first-order valence-electron chi connectivity index (χ1n) is 8.60. The Morgan fingerprint density at radius 2 is 1.79 bits per heavy atom. The Bertz CT molecular complexity index is 766. The van der Waals surface area contributed by atoms with Crippen molar-refractivity contribution in [2.24, 2.45) is 11.8 Å². The molecule has 0 aliphatic heterocycles. The number of Topliss-reactive ketones (excluding diaryl/α,β-unsaturated/α-hetero) is 1. The molecule has 1 aliphatic carbocycles. The molecule has 0 fully saturated rings. The van der Waals surface area contributed by atoms with Gasteiger partial charge < -0.3 is 0 Å². The number of carbonyl (C=O) groups excluding carboxylic acids is 1. The van der Waals surface area contributed by atoms with Crippen LogP contribution in [-0.4, -0.2) is 15.6 Å². The quantitative estimate of drug-likeness (QED) is 0.609. The zero-order chi connectivity index (χ0) is 17.6. The molecular weight excluding hydrogens is 411 g/mol. The number of rotatable bonds is 2. The first kappa shape index (κ1) is 17.6. The smallest absolute Gasteiger partial charge is 0.166 e. The lowest BCUT2D eigenvalue weighted by atomic mass is 9.77. The van der Waals surface area contributed by atoms with Gasteiger partial charge in [0.15, 0.2) is 5.78 Å². The molecule has 1 aliphatic rings. The number of nitrogens with zero attached hydrogens (tertiary/aromatic N) is 2. The number of hydrogen-bond acceptors (Lipinski definition) is 2. The molecule has 0 saturated carbocycles. The van der Waals surface area contributed by atoms with Gasteiger partial charge in [0.2, 0.25) is 0 Å². The van der Waals surface area contributed by atoms with E-state index in [1.165, 1.54) is 3.57 Å². The summed E-state index contributed by atoms with van der Waals surface area (Å²) in [7, 11) is 0. The van der Waals surface area contributed by atoms with E-state index < -0.39 is 0 Å². The lowest BCUT2D eigenvalue weighted by molar-refractivity contribution is 0.0930. The summed E-state index contributed by atoms with van der Waals surface area (Å²) >= 11 is 2.31. The van der Waals surface area contributed by atoms with Crippen molar-refractivity contribution in [2.75, 3.05) is 0 Å². The van der Waals surface area contributed by atoms with Gasteiger partial charge in [0, 0.05) is 15.4 Å². The van der Waals surface area contributed by atoms with Crippen molar-refractivity contribution in [2.45, 2.75) is 52.9 Å². The average Bonchev–Trinajstić information content (AvgIpc) is 2.88. The van der Waals surface area contributed by atoms with Crippen LogP contribution in [0.2, 0.25) is 0 Å². The van der Waals surface area contributed by atoms with Gasteiger partial charge in [-0.1, -0.05) is 34.6 Å². The van der Waals surface area contributed by atoms with Gasteiger partial charge in [-0.05, 0) is 65.1 Å². The summed E-state index contributed by atoms with van der Waals surface area (Å²) in [4.78, 5) is 12.9. The molecule has 0 amide bonds. The van der Waals surface area contributed by atoms with Crippen molar-refractivity contribution in [3.8, 4) is 5.69 Å². The second kappa shape index (κ2) is 6.28. The maximum atomic E-state index is 12.9. The lowest BCUT2D eigenvalue weighted by Gasteiger charge is -2.26. The summed E-state index contributed by atoms with van der Waals surface area (Å²) in [6, 6.07) is 8.35. The minimum Gasteiger partial charge on any atom is -0.294 e. The fourth-order valence-electron chi connectivity index (χ4n) is 3.39. The highest BCUT2D eigenvalue weighted by molar-refractivity contribution is 14.1. The minimum atomic E-state index is -0.140. The van der Waals surface area contributed by atoms with Crippen LogP contribution in [0.4, 0.5) is 0 Å². The number of ketones is 1. The Balaban J connectivity index is 2.20. The average molecular weight is 436 g/mol. The van der Waals surface area contributed by atoms with Crippen molar-refractivity contribution in [1.82, 2.24) is 9.78 Å². The highest BCUT2D eigenvalue weighted by Gasteiger charge is 2.36. The van der Waals surface area contributed by atoms with Gasteiger partial charge in [-0.25, -0.2) is 4.68 Å². The van der Waals surface area contributed by atoms with E-state index in [1.807, 2.05) is 4.68 Å². The van der Waals surface area contributed by atoms with E-state index >= 15 is 0 Å². The van der Waals surface area contributed by atoms with Crippen molar-refractivity contribution in [3.05, 3.63) is 44.8 Å². The summed E-state index contributed by atoms with van der Waals surface area (Å²) in [6.45, 7) is 10.8. The van der Waals surface area contributed by atoms with E-state index in [1.54, 1.807) is 0 Å². The fraction of sp³-hybridized carbons (Fsp3) is 0.500. The third-order valence-corrected chi connectivity index (χ3v) is 5.61. The molecule has 4 heteroatoms. The number of fused-ring (bicyclic) bond motifs is 1. The topological polar surface area (TPSA) is 34.9 Å². The SMILES string of the molecule is CC(C)C1CC(=O)c2c(C(C)(C)C)nn(-c3ccc(I)cc3)c2C1. The second-order valence-electron chi connectivity index (χ2n) is 8.14. The normalized spacial score (nSPS) is 18.1. The molecule has 128 valence electrons. The van der Waals surface area contributed by atoms with Crippen molar-refractivity contribution < 1.29 is 4.79 Å². The number of hydrogen-bond donors (Lipinski definition) is 0. The molecule has 0 N–H and O–H groups in total. The molecule has 0 radical (unpaired) electrons. The lowest BCUT2D eigenvalue weighted by Crippen LogP contribution is -2.26. The first-order valence-corrected chi connectivity index (χ1v) is 9.68. The van der Waals surface area contributed by atoms with Crippen LogP contribution in [0.25, 0.3) is 5.69 Å². The molecule has 1 aromatic carbocycles. The van der Waals surface area contributed by atoms with Gasteiger partial charge in [-0.3, -0.25) is 4.79 Å². The third-order valence-electron chi connectivity index (χ3n) is 4.89. The molecule has 3 rings (SSSR count). The molecule has 1 heterocycles. The maximum absolute atomic E-state index is 12.9. The Kier molecular flexibility index (Phi) is 4.62. The van der Waals surface area contributed by atoms with Crippen LogP contribution in [0.5, 0.6) is 0 Å². The minimum absolute atomic E-state index is 0.140. The molecule has 0 bridgehead atoms. The fourth-order valence-corrected chi connectivity index (χ4v) is 3.75. The van der Waals surface area contributed by atoms with Gasteiger partial charge in [0.1, 0.15) is 0 Å². The van der Waals surface area contributed by atoms with Crippen molar-refractivity contribution >= 4 is 28.4 Å². The molecule has 1 atom stereocenters. The number of carbonyl (C=O) groups is 1. The summed E-state index contributed by atoms with van der Waals surface area (Å²) in [6.07, 6.45) is 1.57. The van der Waals surface area contributed by atoms with Gasteiger partial charge >= 0.3 is 0 Å². The molecule has 2 aromatic rings. The Morgan fingerprint density at radius 3 is 2.33 bits per heavy atom. The van der Waals surface area contributed by atoms with E-state index in [0.29, 0.717) is 18.3 Å². The number of halogens is 1. The van der Waals surface area contributed by atoms with Crippen molar-refractivity contribution in [3.63, 3.8) is 0 Å². The number of aromatic nitrogens is 2. The van der Waals surface area contributed by atoms with Crippen LogP contribution in [0.15, 0.2) is 24.3 Å². The highest BCUT2D eigenvalue weighted by Crippen LogP contribution is 2.37. The zero-order valence-corrected chi connectivity index (χ0v) is 17.2. The Hall–Kier alpha value is -1.17. The molecule has 3 nitrogen and oxygen atoms in total. The van der Waals surface area contributed by atoms with Crippen LogP contribution in [0.1, 0.15) is 62.8 Å². The van der Waals surface area contributed by atoms with Gasteiger partial charge in [-0.15, -0.1) is 0 Å². The highest BCUT2D eigenvalue weighted by atomic mass is 127. The largest absolute Gasteiger partial charge is 0.294 e. The molecular formula is C20H25IN2O. The Labute approximate surface area is 158 Å².